The Labute approximate surface area is 134 Å². The Balaban J connectivity index is 2.17. The Morgan fingerprint density at radius 3 is 2.61 bits per heavy atom. The number of carbonyl (C=O) groups excluding carboxylic acids is 1. The number of nitrogens with one attached hydrogen (secondary N) is 1. The van der Waals surface area contributed by atoms with Gasteiger partial charge in [0.05, 0.1) is 20.8 Å². The van der Waals surface area contributed by atoms with Crippen LogP contribution in [0.1, 0.15) is 17.5 Å². The highest BCUT2D eigenvalue weighted by Gasteiger charge is 2.17. The summed E-state index contributed by atoms with van der Waals surface area (Å²) in [5.74, 6) is 0.991. The summed E-state index contributed by atoms with van der Waals surface area (Å²) in [4.78, 5) is 12.1. The van der Waals surface area contributed by atoms with Gasteiger partial charge in [0.1, 0.15) is 5.69 Å². The highest BCUT2D eigenvalue weighted by Crippen LogP contribution is 2.31. The number of amides is 1. The van der Waals surface area contributed by atoms with E-state index in [2.05, 4.69) is 10.5 Å². The first-order valence-electron chi connectivity index (χ1n) is 7.08. The quantitative estimate of drug-likeness (QED) is 0.841. The fraction of sp³-hybridized carbons (Fsp3) is 0.375. The van der Waals surface area contributed by atoms with Gasteiger partial charge in [0.2, 0.25) is 5.76 Å². The number of hydrogen-bond acceptors (Lipinski definition) is 6. The highest BCUT2D eigenvalue weighted by molar-refractivity contribution is 5.92. The summed E-state index contributed by atoms with van der Waals surface area (Å²) >= 11 is 0. The predicted molar refractivity (Wildman–Crippen MR) is 83.8 cm³/mol. The van der Waals surface area contributed by atoms with E-state index in [1.54, 1.807) is 39.5 Å². The first kappa shape index (κ1) is 16.8. The molecule has 1 heterocycles. The maximum atomic E-state index is 12.1. The van der Waals surface area contributed by atoms with Crippen molar-refractivity contribution in [2.24, 2.45) is 0 Å². The Morgan fingerprint density at radius 2 is 1.96 bits per heavy atom. The molecule has 124 valence electrons. The Hall–Kier alpha value is -2.54. The molecule has 2 rings (SSSR count). The third kappa shape index (κ3) is 4.01. The number of hydrogen-bond donors (Lipinski definition) is 1. The second-order valence-corrected chi connectivity index (χ2v) is 4.98. The van der Waals surface area contributed by atoms with E-state index in [9.17, 15) is 4.79 Å². The molecule has 1 atom stereocenters. The number of benzene rings is 1. The molecule has 7 nitrogen and oxygen atoms in total. The summed E-state index contributed by atoms with van der Waals surface area (Å²) < 4.78 is 20.5. The number of carbonyl (C=O) groups is 1. The Kier molecular flexibility index (Phi) is 5.59. The van der Waals surface area contributed by atoms with Gasteiger partial charge < -0.3 is 24.1 Å². The summed E-state index contributed by atoms with van der Waals surface area (Å²) in [5, 5.41) is 6.69. The zero-order valence-electron chi connectivity index (χ0n) is 13.6. The standard InChI is InChI=1S/C16H20N2O5/c1-10(9-20-2)17-16(19)15-8-12(18-23-15)11-5-6-13(21-3)14(7-11)22-4/h5-8,10H,9H2,1-4H3,(H,17,19)/t10-/m1/s1. The molecule has 0 unspecified atom stereocenters. The molecule has 0 fully saturated rings. The summed E-state index contributed by atoms with van der Waals surface area (Å²) in [6, 6.07) is 6.81. The third-order valence-electron chi connectivity index (χ3n) is 3.21. The number of rotatable bonds is 7. The molecule has 23 heavy (non-hydrogen) atoms. The third-order valence-corrected chi connectivity index (χ3v) is 3.21. The van der Waals surface area contributed by atoms with Crippen LogP contribution in [-0.4, -0.2) is 45.0 Å². The van der Waals surface area contributed by atoms with E-state index < -0.39 is 0 Å². The van der Waals surface area contributed by atoms with Crippen LogP contribution in [0.2, 0.25) is 0 Å². The summed E-state index contributed by atoms with van der Waals surface area (Å²) in [5.41, 5.74) is 1.30. The maximum absolute atomic E-state index is 12.1. The smallest absolute Gasteiger partial charge is 0.290 e. The van der Waals surface area contributed by atoms with Gasteiger partial charge in [0.25, 0.3) is 5.91 Å². The van der Waals surface area contributed by atoms with E-state index in [0.717, 1.165) is 5.56 Å². The molecule has 0 saturated carbocycles. The van der Waals surface area contributed by atoms with E-state index in [0.29, 0.717) is 23.8 Å². The second-order valence-electron chi connectivity index (χ2n) is 4.98. The van der Waals surface area contributed by atoms with Gasteiger partial charge in [-0.25, -0.2) is 0 Å². The fourth-order valence-corrected chi connectivity index (χ4v) is 2.10. The molecule has 7 heteroatoms. The molecule has 0 aliphatic rings. The minimum absolute atomic E-state index is 0.123. The van der Waals surface area contributed by atoms with Gasteiger partial charge in [-0.3, -0.25) is 4.79 Å². The van der Waals surface area contributed by atoms with Crippen molar-refractivity contribution in [1.29, 1.82) is 0 Å². The molecule has 0 radical (unpaired) electrons. The molecule has 2 aromatic rings. The SMILES string of the molecule is COC[C@@H](C)NC(=O)c1cc(-c2ccc(OC)c(OC)c2)no1. The number of ether oxygens (including phenoxy) is 3. The van der Waals surface area contributed by atoms with Crippen molar-refractivity contribution in [2.75, 3.05) is 27.9 Å². The lowest BCUT2D eigenvalue weighted by atomic mass is 10.1. The van der Waals surface area contributed by atoms with E-state index in [4.69, 9.17) is 18.7 Å². The van der Waals surface area contributed by atoms with Crippen molar-refractivity contribution in [1.82, 2.24) is 10.5 Å². The Bertz CT molecular complexity index is 668. The first-order chi connectivity index (χ1) is 11.1. The van der Waals surface area contributed by atoms with Crippen LogP contribution in [0.4, 0.5) is 0 Å². The van der Waals surface area contributed by atoms with Gasteiger partial charge in [0, 0.05) is 24.8 Å². The molecule has 0 saturated heterocycles. The van der Waals surface area contributed by atoms with Gasteiger partial charge in [-0.2, -0.15) is 0 Å². The van der Waals surface area contributed by atoms with Gasteiger partial charge in [-0.05, 0) is 25.1 Å². The van der Waals surface area contributed by atoms with Crippen LogP contribution in [0.3, 0.4) is 0 Å². The van der Waals surface area contributed by atoms with Crippen LogP contribution in [0, 0.1) is 0 Å². The van der Waals surface area contributed by atoms with Gasteiger partial charge >= 0.3 is 0 Å². The summed E-state index contributed by atoms with van der Waals surface area (Å²) in [6.45, 7) is 2.26. The van der Waals surface area contributed by atoms with E-state index in [-0.39, 0.29) is 17.7 Å². The molecule has 1 aromatic heterocycles. The Morgan fingerprint density at radius 1 is 1.22 bits per heavy atom. The van der Waals surface area contributed by atoms with E-state index >= 15 is 0 Å². The van der Waals surface area contributed by atoms with Crippen LogP contribution in [0.25, 0.3) is 11.3 Å². The lowest BCUT2D eigenvalue weighted by molar-refractivity contribution is 0.0869. The molecule has 1 aromatic carbocycles. The van der Waals surface area contributed by atoms with Gasteiger partial charge in [0.15, 0.2) is 11.5 Å². The van der Waals surface area contributed by atoms with Gasteiger partial charge in [-0.15, -0.1) is 0 Å². The summed E-state index contributed by atoms with van der Waals surface area (Å²) in [6.07, 6.45) is 0. The topological polar surface area (TPSA) is 82.8 Å². The van der Waals surface area contributed by atoms with Crippen LogP contribution < -0.4 is 14.8 Å². The van der Waals surface area contributed by atoms with Crippen LogP contribution >= 0.6 is 0 Å². The zero-order chi connectivity index (χ0) is 16.8. The average molecular weight is 320 g/mol. The molecular formula is C16H20N2O5. The van der Waals surface area contributed by atoms with Crippen molar-refractivity contribution in [3.63, 3.8) is 0 Å². The van der Waals surface area contributed by atoms with Crippen LogP contribution in [0.15, 0.2) is 28.8 Å². The van der Waals surface area contributed by atoms with Crippen molar-refractivity contribution in [2.45, 2.75) is 13.0 Å². The first-order valence-corrected chi connectivity index (χ1v) is 7.08. The second kappa shape index (κ2) is 7.64. The normalized spacial score (nSPS) is 11.8. The van der Waals surface area contributed by atoms with Crippen molar-refractivity contribution < 1.29 is 23.5 Å². The molecule has 0 aliphatic carbocycles. The maximum Gasteiger partial charge on any atom is 0.290 e. The van der Waals surface area contributed by atoms with Crippen molar-refractivity contribution >= 4 is 5.91 Å². The molecule has 1 N–H and O–H groups in total. The fourth-order valence-electron chi connectivity index (χ4n) is 2.10. The van der Waals surface area contributed by atoms with Gasteiger partial charge in [-0.1, -0.05) is 5.16 Å². The molecule has 0 aliphatic heterocycles. The largest absolute Gasteiger partial charge is 0.493 e. The van der Waals surface area contributed by atoms with Crippen LogP contribution in [0.5, 0.6) is 11.5 Å². The monoisotopic (exact) mass is 320 g/mol. The predicted octanol–water partition coefficient (Wildman–Crippen LogP) is 2.12. The average Bonchev–Trinajstić information content (AvgIpc) is 3.04. The molecular weight excluding hydrogens is 300 g/mol. The lowest BCUT2D eigenvalue weighted by Crippen LogP contribution is -2.35. The zero-order valence-corrected chi connectivity index (χ0v) is 13.6. The molecule has 0 bridgehead atoms. The van der Waals surface area contributed by atoms with E-state index in [1.807, 2.05) is 13.0 Å². The minimum atomic E-state index is -0.339. The van der Waals surface area contributed by atoms with Crippen molar-refractivity contribution in [3.05, 3.63) is 30.0 Å². The number of aromatic nitrogens is 1. The summed E-state index contributed by atoms with van der Waals surface area (Å²) in [7, 11) is 4.70. The number of nitrogens with zero attached hydrogens (tertiary/aromatic N) is 1. The van der Waals surface area contributed by atoms with Crippen LogP contribution in [-0.2, 0) is 4.74 Å². The van der Waals surface area contributed by atoms with Crippen molar-refractivity contribution in [3.8, 4) is 22.8 Å². The number of methoxy groups -OCH3 is 3. The highest BCUT2D eigenvalue weighted by atomic mass is 16.5. The minimum Gasteiger partial charge on any atom is -0.493 e. The molecule has 0 spiro atoms. The van der Waals surface area contributed by atoms with E-state index in [1.165, 1.54) is 0 Å². The lowest BCUT2D eigenvalue weighted by Gasteiger charge is -2.10. The molecule has 1 amide bonds.